The number of benzene rings is 2. The average molecular weight is 387 g/mol. The number of hydrogen-bond donors (Lipinski definition) is 1. The molecule has 1 aliphatic heterocycles. The highest BCUT2D eigenvalue weighted by molar-refractivity contribution is 7.90. The van der Waals surface area contributed by atoms with Crippen LogP contribution in [0.4, 0.5) is 0 Å². The molecule has 0 saturated carbocycles. The van der Waals surface area contributed by atoms with Gasteiger partial charge in [-0.2, -0.15) is 0 Å². The van der Waals surface area contributed by atoms with E-state index >= 15 is 0 Å². The lowest BCUT2D eigenvalue weighted by molar-refractivity contribution is 0.0950. The van der Waals surface area contributed by atoms with Gasteiger partial charge in [-0.3, -0.25) is 9.69 Å². The lowest BCUT2D eigenvalue weighted by atomic mass is 9.92. The van der Waals surface area contributed by atoms with Crippen molar-refractivity contribution in [3.8, 4) is 0 Å². The Balaban J connectivity index is 1.67. The summed E-state index contributed by atoms with van der Waals surface area (Å²) in [5.74, 6) is -0.115. The number of rotatable bonds is 5. The van der Waals surface area contributed by atoms with Crippen LogP contribution in [0.15, 0.2) is 47.4 Å². The molecule has 0 saturated heterocycles. The van der Waals surface area contributed by atoms with Crippen LogP contribution in [0.25, 0.3) is 0 Å². The lowest BCUT2D eigenvalue weighted by Crippen LogP contribution is -2.34. The van der Waals surface area contributed by atoms with E-state index in [1.54, 1.807) is 24.3 Å². The van der Waals surface area contributed by atoms with E-state index in [0.29, 0.717) is 18.2 Å². The molecule has 3 rings (SSSR count). The predicted molar refractivity (Wildman–Crippen MR) is 107 cm³/mol. The Morgan fingerprint density at radius 1 is 1.19 bits per heavy atom. The molecule has 0 aromatic heterocycles. The molecule has 27 heavy (non-hydrogen) atoms. The molecule has 144 valence electrons. The Hall–Kier alpha value is -2.18. The quantitative estimate of drug-likeness (QED) is 0.858. The summed E-state index contributed by atoms with van der Waals surface area (Å²) in [6, 6.07) is 12.9. The van der Waals surface area contributed by atoms with Gasteiger partial charge in [-0.25, -0.2) is 8.42 Å². The van der Waals surface area contributed by atoms with Crippen LogP contribution in [0.2, 0.25) is 0 Å². The van der Waals surface area contributed by atoms with Crippen molar-refractivity contribution in [3.05, 3.63) is 64.7 Å². The topological polar surface area (TPSA) is 66.5 Å². The van der Waals surface area contributed by atoms with Crippen molar-refractivity contribution in [2.75, 3.05) is 19.3 Å². The van der Waals surface area contributed by atoms with Crippen LogP contribution in [-0.2, 0) is 22.8 Å². The molecule has 0 fully saturated rings. The van der Waals surface area contributed by atoms with Gasteiger partial charge in [0.25, 0.3) is 5.91 Å². The van der Waals surface area contributed by atoms with Crippen molar-refractivity contribution in [2.45, 2.75) is 37.8 Å². The van der Waals surface area contributed by atoms with E-state index in [1.807, 2.05) is 12.1 Å². The molecule has 1 N–H and O–H groups in total. The summed E-state index contributed by atoms with van der Waals surface area (Å²) < 4.78 is 23.0. The van der Waals surface area contributed by atoms with Crippen LogP contribution in [0.1, 0.15) is 46.9 Å². The van der Waals surface area contributed by atoms with Crippen LogP contribution in [0.5, 0.6) is 0 Å². The van der Waals surface area contributed by atoms with E-state index < -0.39 is 9.84 Å². The standard InChI is InChI=1S/C21H26N2O3S/c1-4-23-12-11-17-13-18(7-10-20(17)15(23)2)21(24)22-14-16-5-8-19(9-6-16)27(3,25)26/h5-10,13,15H,4,11-12,14H2,1-3H3,(H,22,24). The molecule has 0 aliphatic carbocycles. The van der Waals surface area contributed by atoms with Crippen molar-refractivity contribution in [2.24, 2.45) is 0 Å². The summed E-state index contributed by atoms with van der Waals surface area (Å²) in [5, 5.41) is 2.91. The molecule has 0 bridgehead atoms. The van der Waals surface area contributed by atoms with Gasteiger partial charge in [0, 0.05) is 31.0 Å². The van der Waals surface area contributed by atoms with Crippen LogP contribution < -0.4 is 5.32 Å². The van der Waals surface area contributed by atoms with E-state index in [1.165, 1.54) is 17.4 Å². The monoisotopic (exact) mass is 386 g/mol. The predicted octanol–water partition coefficient (Wildman–Crippen LogP) is 2.96. The number of likely N-dealkylation sites (N-methyl/N-ethyl adjacent to an activating group) is 1. The van der Waals surface area contributed by atoms with E-state index in [2.05, 4.69) is 30.1 Å². The molecule has 1 aliphatic rings. The Bertz CT molecular complexity index is 936. The fourth-order valence-electron chi connectivity index (χ4n) is 3.60. The Morgan fingerprint density at radius 2 is 1.89 bits per heavy atom. The number of carbonyl (C=O) groups is 1. The third-order valence-corrected chi connectivity index (χ3v) is 6.41. The van der Waals surface area contributed by atoms with Gasteiger partial charge in [-0.05, 0) is 60.8 Å². The maximum Gasteiger partial charge on any atom is 0.251 e. The van der Waals surface area contributed by atoms with Crippen LogP contribution in [0, 0.1) is 0 Å². The van der Waals surface area contributed by atoms with E-state index in [9.17, 15) is 13.2 Å². The maximum atomic E-state index is 12.5. The number of amides is 1. The van der Waals surface area contributed by atoms with E-state index in [0.717, 1.165) is 25.1 Å². The number of hydrogen-bond acceptors (Lipinski definition) is 4. The Morgan fingerprint density at radius 3 is 2.52 bits per heavy atom. The molecule has 0 spiro atoms. The lowest BCUT2D eigenvalue weighted by Gasteiger charge is -2.34. The van der Waals surface area contributed by atoms with Crippen LogP contribution in [0.3, 0.4) is 0 Å². The summed E-state index contributed by atoms with van der Waals surface area (Å²) in [6.45, 7) is 6.79. The van der Waals surface area contributed by atoms with Gasteiger partial charge in [-0.1, -0.05) is 25.1 Å². The van der Waals surface area contributed by atoms with Gasteiger partial charge in [0.05, 0.1) is 4.90 Å². The third kappa shape index (κ3) is 4.39. The zero-order chi connectivity index (χ0) is 19.6. The minimum absolute atomic E-state index is 0.115. The molecule has 0 radical (unpaired) electrons. The van der Waals surface area contributed by atoms with Crippen LogP contribution in [-0.4, -0.2) is 38.6 Å². The highest BCUT2D eigenvalue weighted by atomic mass is 32.2. The third-order valence-electron chi connectivity index (χ3n) is 5.28. The summed E-state index contributed by atoms with van der Waals surface area (Å²) >= 11 is 0. The minimum atomic E-state index is -3.20. The number of sulfone groups is 1. The zero-order valence-electron chi connectivity index (χ0n) is 16.0. The summed E-state index contributed by atoms with van der Waals surface area (Å²) in [7, 11) is -3.20. The molecular formula is C21H26N2O3S. The second-order valence-electron chi connectivity index (χ2n) is 7.07. The van der Waals surface area contributed by atoms with Gasteiger partial charge >= 0.3 is 0 Å². The van der Waals surface area contributed by atoms with Gasteiger partial charge in [0.15, 0.2) is 9.84 Å². The second kappa shape index (κ2) is 7.82. The average Bonchev–Trinajstić information content (AvgIpc) is 2.66. The first-order chi connectivity index (χ1) is 12.8. The number of fused-ring (bicyclic) bond motifs is 1. The summed E-state index contributed by atoms with van der Waals surface area (Å²) in [6.07, 6.45) is 2.14. The smallest absolute Gasteiger partial charge is 0.251 e. The fourth-order valence-corrected chi connectivity index (χ4v) is 4.23. The van der Waals surface area contributed by atoms with Gasteiger partial charge in [0.1, 0.15) is 0 Å². The number of carbonyl (C=O) groups excluding carboxylic acids is 1. The normalized spacial score (nSPS) is 17.4. The summed E-state index contributed by atoms with van der Waals surface area (Å²) in [5.41, 5.74) is 4.08. The highest BCUT2D eigenvalue weighted by Crippen LogP contribution is 2.29. The first-order valence-corrected chi connectivity index (χ1v) is 11.1. The molecule has 1 heterocycles. The van der Waals surface area contributed by atoms with E-state index in [-0.39, 0.29) is 10.8 Å². The molecule has 1 atom stereocenters. The summed E-state index contributed by atoms with van der Waals surface area (Å²) in [4.78, 5) is 15.2. The Kier molecular flexibility index (Phi) is 5.67. The highest BCUT2D eigenvalue weighted by Gasteiger charge is 2.23. The molecular weight excluding hydrogens is 360 g/mol. The molecule has 1 amide bonds. The van der Waals surface area contributed by atoms with Crippen LogP contribution >= 0.6 is 0 Å². The molecule has 6 heteroatoms. The second-order valence-corrected chi connectivity index (χ2v) is 9.08. The number of nitrogens with one attached hydrogen (secondary N) is 1. The van der Waals surface area contributed by atoms with Gasteiger partial charge < -0.3 is 5.32 Å². The maximum absolute atomic E-state index is 12.5. The van der Waals surface area contributed by atoms with Gasteiger partial charge in [0.2, 0.25) is 0 Å². The van der Waals surface area contributed by atoms with E-state index in [4.69, 9.17) is 0 Å². The SMILES string of the molecule is CCN1CCc2cc(C(=O)NCc3ccc(S(C)(=O)=O)cc3)ccc2C1C. The van der Waals surface area contributed by atoms with Crippen molar-refractivity contribution >= 4 is 15.7 Å². The molecule has 2 aromatic rings. The Labute approximate surface area is 161 Å². The largest absolute Gasteiger partial charge is 0.348 e. The molecule has 2 aromatic carbocycles. The van der Waals surface area contributed by atoms with Crippen molar-refractivity contribution in [1.29, 1.82) is 0 Å². The molecule has 1 unspecified atom stereocenters. The molecule has 5 nitrogen and oxygen atoms in total. The number of nitrogens with zero attached hydrogens (tertiary/aromatic N) is 1. The first-order valence-electron chi connectivity index (χ1n) is 9.23. The minimum Gasteiger partial charge on any atom is -0.348 e. The first kappa shape index (κ1) is 19.6. The van der Waals surface area contributed by atoms with Crippen molar-refractivity contribution in [3.63, 3.8) is 0 Å². The zero-order valence-corrected chi connectivity index (χ0v) is 16.8. The fraction of sp³-hybridized carbons (Fsp3) is 0.381. The van der Waals surface area contributed by atoms with Crippen molar-refractivity contribution in [1.82, 2.24) is 10.2 Å². The van der Waals surface area contributed by atoms with Gasteiger partial charge in [-0.15, -0.1) is 0 Å². The van der Waals surface area contributed by atoms with Crippen molar-refractivity contribution < 1.29 is 13.2 Å².